The molecule has 1 amide bonds. The Balaban J connectivity index is 1.67. The van der Waals surface area contributed by atoms with Gasteiger partial charge in [-0.1, -0.05) is 6.07 Å². The van der Waals surface area contributed by atoms with Crippen LogP contribution in [0.2, 0.25) is 0 Å². The summed E-state index contributed by atoms with van der Waals surface area (Å²) in [6.45, 7) is 7.37. The minimum absolute atomic E-state index is 0.108. The number of nitrogens with zero attached hydrogens (tertiary/aromatic N) is 4. The maximum absolute atomic E-state index is 12.5. The van der Waals surface area contributed by atoms with E-state index in [4.69, 9.17) is 14.2 Å². The monoisotopic (exact) mass is 441 g/mol. The molecule has 0 aliphatic carbocycles. The molecule has 0 fully saturated rings. The zero-order chi connectivity index (χ0) is 23.1. The van der Waals surface area contributed by atoms with E-state index in [-0.39, 0.29) is 18.0 Å². The predicted octanol–water partition coefficient (Wildman–Crippen LogP) is 2.89. The molecule has 2 aromatic heterocycles. The van der Waals surface area contributed by atoms with Crippen LogP contribution in [0.1, 0.15) is 47.3 Å². The number of benzene rings is 1. The molecule has 0 unspecified atom stereocenters. The molecular formula is C22H27N5O5. The first-order chi connectivity index (χ1) is 15.4. The van der Waals surface area contributed by atoms with Gasteiger partial charge in [-0.3, -0.25) is 14.2 Å². The predicted molar refractivity (Wildman–Crippen MR) is 117 cm³/mol. The van der Waals surface area contributed by atoms with Crippen LogP contribution in [0.25, 0.3) is 0 Å². The van der Waals surface area contributed by atoms with Crippen molar-refractivity contribution in [2.75, 3.05) is 25.1 Å². The average Bonchev–Trinajstić information content (AvgIpc) is 3.36. The second-order valence-electron chi connectivity index (χ2n) is 6.79. The minimum Gasteiger partial charge on any atom is -0.490 e. The summed E-state index contributed by atoms with van der Waals surface area (Å²) in [4.78, 5) is 24.5. The van der Waals surface area contributed by atoms with Gasteiger partial charge >= 0.3 is 5.97 Å². The molecule has 3 aromatic rings. The first kappa shape index (κ1) is 22.9. The van der Waals surface area contributed by atoms with Gasteiger partial charge in [0.25, 0.3) is 5.91 Å². The van der Waals surface area contributed by atoms with Gasteiger partial charge in [0, 0.05) is 19.3 Å². The summed E-state index contributed by atoms with van der Waals surface area (Å²) >= 11 is 0. The van der Waals surface area contributed by atoms with E-state index < -0.39 is 11.9 Å². The molecule has 0 aliphatic heterocycles. The molecular weight excluding hydrogens is 414 g/mol. The lowest BCUT2D eigenvalue weighted by Gasteiger charge is -2.12. The van der Waals surface area contributed by atoms with E-state index in [1.807, 2.05) is 32.0 Å². The molecule has 32 heavy (non-hydrogen) atoms. The van der Waals surface area contributed by atoms with Gasteiger partial charge in [-0.05, 0) is 38.5 Å². The summed E-state index contributed by atoms with van der Waals surface area (Å²) in [6.07, 6.45) is 3.26. The Kier molecular flexibility index (Phi) is 7.48. The highest BCUT2D eigenvalue weighted by molar-refractivity contribution is 6.04. The summed E-state index contributed by atoms with van der Waals surface area (Å²) in [6, 6.07) is 7.13. The van der Waals surface area contributed by atoms with Gasteiger partial charge in [0.05, 0.1) is 38.2 Å². The third kappa shape index (κ3) is 5.45. The van der Waals surface area contributed by atoms with E-state index in [0.29, 0.717) is 36.9 Å². The highest BCUT2D eigenvalue weighted by atomic mass is 16.5. The lowest BCUT2D eigenvalue weighted by Crippen LogP contribution is -2.12. The van der Waals surface area contributed by atoms with Gasteiger partial charge in [-0.2, -0.15) is 10.2 Å². The normalized spacial score (nSPS) is 10.6. The van der Waals surface area contributed by atoms with Crippen LogP contribution in [0, 0.1) is 0 Å². The first-order valence-electron chi connectivity index (χ1n) is 10.4. The van der Waals surface area contributed by atoms with Crippen molar-refractivity contribution in [3.05, 3.63) is 53.6 Å². The summed E-state index contributed by atoms with van der Waals surface area (Å²) in [5.74, 6) is 0.399. The SMILES string of the molecule is CCOC(=O)c1cc(C(=O)Nc2cnn(Cc3ccc(OCC)c(OCC)c3)c2)nn1C. The van der Waals surface area contributed by atoms with Crippen molar-refractivity contribution in [2.45, 2.75) is 27.3 Å². The van der Waals surface area contributed by atoms with Crippen molar-refractivity contribution in [1.82, 2.24) is 19.6 Å². The second kappa shape index (κ2) is 10.5. The Labute approximate surface area is 186 Å². The standard InChI is InChI=1S/C22H27N5O5/c1-5-30-19-9-8-15(10-20(19)31-6-2)13-27-14-16(12-23-27)24-21(28)17-11-18(26(4)25-17)22(29)32-7-3/h8-12,14H,5-7,13H2,1-4H3,(H,24,28). The van der Waals surface area contributed by atoms with Crippen molar-refractivity contribution < 1.29 is 23.8 Å². The zero-order valence-electron chi connectivity index (χ0n) is 18.6. The highest BCUT2D eigenvalue weighted by Crippen LogP contribution is 2.29. The maximum atomic E-state index is 12.5. The number of anilines is 1. The number of nitrogens with one attached hydrogen (secondary N) is 1. The molecule has 0 aliphatic rings. The summed E-state index contributed by atoms with van der Waals surface area (Å²) in [7, 11) is 1.58. The number of esters is 1. The number of carbonyl (C=O) groups excluding carboxylic acids is 2. The molecule has 10 nitrogen and oxygen atoms in total. The van der Waals surface area contributed by atoms with Crippen LogP contribution in [-0.2, 0) is 18.3 Å². The third-order valence-corrected chi connectivity index (χ3v) is 4.44. The Morgan fingerprint density at radius 2 is 1.78 bits per heavy atom. The third-order valence-electron chi connectivity index (χ3n) is 4.44. The lowest BCUT2D eigenvalue weighted by atomic mass is 10.2. The molecule has 0 spiro atoms. The van der Waals surface area contributed by atoms with Gasteiger partial charge in [-0.25, -0.2) is 4.79 Å². The molecule has 1 aromatic carbocycles. The fourth-order valence-corrected chi connectivity index (χ4v) is 3.06. The molecule has 0 atom stereocenters. The molecule has 10 heteroatoms. The van der Waals surface area contributed by atoms with Crippen LogP contribution in [0.4, 0.5) is 5.69 Å². The smallest absolute Gasteiger partial charge is 0.356 e. The van der Waals surface area contributed by atoms with E-state index in [1.54, 1.807) is 31.0 Å². The number of hydrogen-bond donors (Lipinski definition) is 1. The summed E-state index contributed by atoms with van der Waals surface area (Å²) < 4.78 is 19.2. The van der Waals surface area contributed by atoms with E-state index in [1.165, 1.54) is 10.7 Å². The Morgan fingerprint density at radius 1 is 1.03 bits per heavy atom. The van der Waals surface area contributed by atoms with Gasteiger partial charge in [0.15, 0.2) is 17.2 Å². The van der Waals surface area contributed by atoms with Crippen LogP contribution in [-0.4, -0.2) is 51.3 Å². The van der Waals surface area contributed by atoms with Crippen LogP contribution in [0.15, 0.2) is 36.7 Å². The summed E-state index contributed by atoms with van der Waals surface area (Å²) in [5, 5.41) is 11.1. The molecule has 3 rings (SSSR count). The molecule has 2 heterocycles. The first-order valence-corrected chi connectivity index (χ1v) is 10.4. The Hall–Kier alpha value is -3.82. The molecule has 0 saturated carbocycles. The number of carbonyl (C=O) groups is 2. The lowest BCUT2D eigenvalue weighted by molar-refractivity contribution is 0.0513. The Morgan fingerprint density at radius 3 is 2.50 bits per heavy atom. The molecule has 0 saturated heterocycles. The number of aryl methyl sites for hydroxylation is 1. The van der Waals surface area contributed by atoms with Crippen molar-refractivity contribution >= 4 is 17.6 Å². The quantitative estimate of drug-likeness (QED) is 0.482. The number of rotatable bonds is 10. The molecule has 170 valence electrons. The minimum atomic E-state index is -0.531. The number of amides is 1. The number of hydrogen-bond acceptors (Lipinski definition) is 7. The van der Waals surface area contributed by atoms with Gasteiger partial charge < -0.3 is 19.5 Å². The van der Waals surface area contributed by atoms with Crippen molar-refractivity contribution in [3.8, 4) is 11.5 Å². The fraction of sp³-hybridized carbons (Fsp3) is 0.364. The molecule has 1 N–H and O–H groups in total. The highest BCUT2D eigenvalue weighted by Gasteiger charge is 2.19. The van der Waals surface area contributed by atoms with E-state index >= 15 is 0 Å². The van der Waals surface area contributed by atoms with Crippen LogP contribution < -0.4 is 14.8 Å². The topological polar surface area (TPSA) is 110 Å². The van der Waals surface area contributed by atoms with Crippen molar-refractivity contribution in [2.24, 2.45) is 7.05 Å². The largest absolute Gasteiger partial charge is 0.490 e. The van der Waals surface area contributed by atoms with E-state index in [9.17, 15) is 9.59 Å². The van der Waals surface area contributed by atoms with Crippen LogP contribution in [0.5, 0.6) is 11.5 Å². The number of ether oxygens (including phenoxy) is 3. The second-order valence-corrected chi connectivity index (χ2v) is 6.79. The van der Waals surface area contributed by atoms with Gasteiger partial charge in [-0.15, -0.1) is 0 Å². The Bertz CT molecular complexity index is 1090. The van der Waals surface area contributed by atoms with Crippen molar-refractivity contribution in [3.63, 3.8) is 0 Å². The van der Waals surface area contributed by atoms with Crippen molar-refractivity contribution in [1.29, 1.82) is 0 Å². The van der Waals surface area contributed by atoms with Crippen LogP contribution >= 0.6 is 0 Å². The number of aromatic nitrogens is 4. The van der Waals surface area contributed by atoms with E-state index in [2.05, 4.69) is 15.5 Å². The zero-order valence-corrected chi connectivity index (χ0v) is 18.6. The average molecular weight is 441 g/mol. The van der Waals surface area contributed by atoms with Gasteiger partial charge in [0.2, 0.25) is 0 Å². The van der Waals surface area contributed by atoms with E-state index in [0.717, 1.165) is 5.56 Å². The maximum Gasteiger partial charge on any atom is 0.356 e. The van der Waals surface area contributed by atoms with Gasteiger partial charge in [0.1, 0.15) is 5.69 Å². The molecule has 0 radical (unpaired) electrons. The summed E-state index contributed by atoms with van der Waals surface area (Å²) in [5.41, 5.74) is 1.79. The molecule has 0 bridgehead atoms. The fourth-order valence-electron chi connectivity index (χ4n) is 3.06. The van der Waals surface area contributed by atoms with Crippen LogP contribution in [0.3, 0.4) is 0 Å².